The van der Waals surface area contributed by atoms with Crippen LogP contribution in [0.5, 0.6) is 0 Å². The van der Waals surface area contributed by atoms with Gasteiger partial charge in [-0.3, -0.25) is 4.90 Å². The number of aryl methyl sites for hydroxylation is 2. The largest absolute Gasteiger partial charge is 0.299 e. The van der Waals surface area contributed by atoms with E-state index in [1.165, 1.54) is 50.8 Å². The summed E-state index contributed by atoms with van der Waals surface area (Å²) in [6, 6.07) is 7.13. The number of likely N-dealkylation sites (tertiary alicyclic amines) is 1. The molecule has 1 unspecified atom stereocenters. The van der Waals surface area contributed by atoms with E-state index in [0.29, 0.717) is 5.38 Å². The Morgan fingerprint density at radius 2 is 1.95 bits per heavy atom. The van der Waals surface area contributed by atoms with Crippen molar-refractivity contribution in [3.8, 4) is 0 Å². The Morgan fingerprint density at radius 3 is 2.68 bits per heavy atom. The number of halogens is 1. The molecule has 0 radical (unpaired) electrons. The molecule has 0 aromatic heterocycles. The highest BCUT2D eigenvalue weighted by atomic mass is 35.5. The highest BCUT2D eigenvalue weighted by Gasteiger charge is 2.22. The number of benzene rings is 1. The van der Waals surface area contributed by atoms with E-state index < -0.39 is 0 Å². The van der Waals surface area contributed by atoms with Crippen molar-refractivity contribution < 1.29 is 0 Å². The minimum Gasteiger partial charge on any atom is -0.299 e. The fraction of sp³-hybridized carbons (Fsp3) is 0.647. The van der Waals surface area contributed by atoms with Crippen molar-refractivity contribution in [2.45, 2.75) is 50.9 Å². The molecule has 1 fully saturated rings. The summed E-state index contributed by atoms with van der Waals surface area (Å²) in [5, 5.41) is 0.335. The van der Waals surface area contributed by atoms with E-state index in [-0.39, 0.29) is 0 Å². The Bertz CT molecular complexity index is 433. The van der Waals surface area contributed by atoms with Gasteiger partial charge in [-0.05, 0) is 74.7 Å². The van der Waals surface area contributed by atoms with Crippen molar-refractivity contribution in [2.24, 2.45) is 5.92 Å². The highest BCUT2D eigenvalue weighted by Crippen LogP contribution is 2.26. The summed E-state index contributed by atoms with van der Waals surface area (Å²) in [4.78, 5) is 2.59. The lowest BCUT2D eigenvalue weighted by Crippen LogP contribution is -2.35. The molecule has 19 heavy (non-hydrogen) atoms. The summed E-state index contributed by atoms with van der Waals surface area (Å²) in [6.45, 7) is 5.68. The minimum atomic E-state index is 0.335. The van der Waals surface area contributed by atoms with E-state index in [1.54, 1.807) is 11.1 Å². The Labute approximate surface area is 121 Å². The van der Waals surface area contributed by atoms with Gasteiger partial charge in [0, 0.05) is 11.9 Å². The van der Waals surface area contributed by atoms with Crippen LogP contribution in [0.2, 0.25) is 0 Å². The molecule has 104 valence electrons. The normalized spacial score (nSPS) is 22.4. The maximum absolute atomic E-state index is 6.21. The Balaban J connectivity index is 1.58. The van der Waals surface area contributed by atoms with Crippen molar-refractivity contribution in [2.75, 3.05) is 13.1 Å². The molecule has 0 bridgehead atoms. The lowest BCUT2D eigenvalue weighted by molar-refractivity contribution is 0.176. The molecule has 0 spiro atoms. The number of rotatable bonds is 3. The Kier molecular flexibility index (Phi) is 4.14. The zero-order valence-electron chi connectivity index (χ0n) is 11.9. The van der Waals surface area contributed by atoms with Crippen LogP contribution in [-0.2, 0) is 19.4 Å². The van der Waals surface area contributed by atoms with Gasteiger partial charge in [-0.2, -0.15) is 0 Å². The maximum Gasteiger partial charge on any atom is 0.0337 e. The van der Waals surface area contributed by atoms with Crippen LogP contribution in [0.4, 0.5) is 0 Å². The second-order valence-electron chi connectivity index (χ2n) is 6.25. The van der Waals surface area contributed by atoms with Gasteiger partial charge in [-0.25, -0.2) is 0 Å². The summed E-state index contributed by atoms with van der Waals surface area (Å²) in [7, 11) is 0. The first-order chi connectivity index (χ1) is 9.22. The van der Waals surface area contributed by atoms with Crippen LogP contribution in [0.15, 0.2) is 18.2 Å². The monoisotopic (exact) mass is 277 g/mol. The van der Waals surface area contributed by atoms with E-state index >= 15 is 0 Å². The fourth-order valence-corrected chi connectivity index (χ4v) is 3.80. The smallest absolute Gasteiger partial charge is 0.0337 e. The third kappa shape index (κ3) is 3.14. The number of hydrogen-bond donors (Lipinski definition) is 0. The fourth-order valence-electron chi connectivity index (χ4n) is 3.55. The first kappa shape index (κ1) is 13.5. The van der Waals surface area contributed by atoms with E-state index in [4.69, 9.17) is 11.6 Å². The molecule has 1 aliphatic heterocycles. The predicted molar refractivity (Wildman–Crippen MR) is 81.8 cm³/mol. The van der Waals surface area contributed by atoms with Crippen LogP contribution in [0, 0.1) is 5.92 Å². The van der Waals surface area contributed by atoms with E-state index in [1.807, 2.05) is 0 Å². The third-order valence-corrected chi connectivity index (χ3v) is 5.21. The van der Waals surface area contributed by atoms with Crippen molar-refractivity contribution in [1.29, 1.82) is 0 Å². The van der Waals surface area contributed by atoms with Crippen molar-refractivity contribution in [3.05, 3.63) is 34.9 Å². The standard InChI is InChI=1S/C17H24ClN/c1-13(18)15-7-9-19(10-8-15)12-14-5-6-16-3-2-4-17(16)11-14/h5-6,11,13,15H,2-4,7-10,12H2,1H3. The van der Waals surface area contributed by atoms with Crippen molar-refractivity contribution >= 4 is 11.6 Å². The molecule has 1 aromatic carbocycles. The molecular formula is C17H24ClN. The van der Waals surface area contributed by atoms with Crippen molar-refractivity contribution in [1.82, 2.24) is 4.90 Å². The van der Waals surface area contributed by atoms with Crippen LogP contribution < -0.4 is 0 Å². The molecule has 0 saturated carbocycles. The Morgan fingerprint density at radius 1 is 1.21 bits per heavy atom. The van der Waals surface area contributed by atoms with Gasteiger partial charge in [0.1, 0.15) is 0 Å². The summed E-state index contributed by atoms with van der Waals surface area (Å²) < 4.78 is 0. The van der Waals surface area contributed by atoms with E-state index in [0.717, 1.165) is 12.5 Å². The van der Waals surface area contributed by atoms with E-state index in [9.17, 15) is 0 Å². The molecular weight excluding hydrogens is 254 g/mol. The minimum absolute atomic E-state index is 0.335. The average Bonchev–Trinajstić information content (AvgIpc) is 2.87. The van der Waals surface area contributed by atoms with Crippen LogP contribution in [0.25, 0.3) is 0 Å². The molecule has 2 aliphatic rings. The molecule has 1 aliphatic carbocycles. The summed E-state index contributed by atoms with van der Waals surface area (Å²) in [6.07, 6.45) is 6.44. The van der Waals surface area contributed by atoms with Gasteiger partial charge in [0.2, 0.25) is 0 Å². The van der Waals surface area contributed by atoms with Gasteiger partial charge in [-0.15, -0.1) is 11.6 Å². The summed E-state index contributed by atoms with van der Waals surface area (Å²) in [5.74, 6) is 0.720. The molecule has 0 N–H and O–H groups in total. The summed E-state index contributed by atoms with van der Waals surface area (Å²) >= 11 is 6.21. The quantitative estimate of drug-likeness (QED) is 0.755. The van der Waals surface area contributed by atoms with Crippen LogP contribution in [-0.4, -0.2) is 23.4 Å². The number of nitrogens with zero attached hydrogens (tertiary/aromatic N) is 1. The molecule has 0 amide bonds. The molecule has 1 saturated heterocycles. The zero-order valence-corrected chi connectivity index (χ0v) is 12.6. The topological polar surface area (TPSA) is 3.24 Å². The van der Waals surface area contributed by atoms with E-state index in [2.05, 4.69) is 30.0 Å². The third-order valence-electron chi connectivity index (χ3n) is 4.85. The number of hydrogen-bond acceptors (Lipinski definition) is 1. The number of piperidine rings is 1. The van der Waals surface area contributed by atoms with Gasteiger partial charge in [-0.1, -0.05) is 18.2 Å². The molecule has 1 heterocycles. The number of fused-ring (bicyclic) bond motifs is 1. The van der Waals surface area contributed by atoms with Gasteiger partial charge in [0.05, 0.1) is 0 Å². The number of alkyl halides is 1. The molecule has 3 rings (SSSR count). The van der Waals surface area contributed by atoms with Gasteiger partial charge < -0.3 is 0 Å². The first-order valence-electron chi connectivity index (χ1n) is 7.69. The SMILES string of the molecule is CC(Cl)C1CCN(Cc2ccc3c(c2)CCC3)CC1. The van der Waals surface area contributed by atoms with Crippen LogP contribution in [0.3, 0.4) is 0 Å². The highest BCUT2D eigenvalue weighted by molar-refractivity contribution is 6.20. The second kappa shape index (κ2) is 5.85. The molecule has 2 heteroatoms. The van der Waals surface area contributed by atoms with Gasteiger partial charge in [0.15, 0.2) is 0 Å². The molecule has 1 aromatic rings. The predicted octanol–water partition coefficient (Wildman–Crippen LogP) is 4.01. The average molecular weight is 278 g/mol. The van der Waals surface area contributed by atoms with Crippen LogP contribution in [0.1, 0.15) is 42.9 Å². The Hall–Kier alpha value is -0.530. The zero-order chi connectivity index (χ0) is 13.2. The van der Waals surface area contributed by atoms with Gasteiger partial charge >= 0.3 is 0 Å². The summed E-state index contributed by atoms with van der Waals surface area (Å²) in [5.41, 5.74) is 4.68. The second-order valence-corrected chi connectivity index (χ2v) is 6.94. The lowest BCUT2D eigenvalue weighted by atomic mass is 9.93. The molecule has 1 nitrogen and oxygen atoms in total. The molecule has 1 atom stereocenters. The van der Waals surface area contributed by atoms with Gasteiger partial charge in [0.25, 0.3) is 0 Å². The first-order valence-corrected chi connectivity index (χ1v) is 8.13. The lowest BCUT2D eigenvalue weighted by Gasteiger charge is -2.33. The maximum atomic E-state index is 6.21. The van der Waals surface area contributed by atoms with Crippen molar-refractivity contribution in [3.63, 3.8) is 0 Å². The van der Waals surface area contributed by atoms with Crippen LogP contribution >= 0.6 is 11.6 Å².